The molecule has 0 aliphatic carbocycles. The molecule has 1 aromatic heterocycles. The molecule has 0 saturated carbocycles. The van der Waals surface area contributed by atoms with Gasteiger partial charge < -0.3 is 20.9 Å². The van der Waals surface area contributed by atoms with Gasteiger partial charge in [-0.05, 0) is 25.8 Å². The van der Waals surface area contributed by atoms with Crippen molar-refractivity contribution in [3.05, 3.63) is 17.8 Å². The molecule has 0 spiro atoms. The highest BCUT2D eigenvalue weighted by Gasteiger charge is 2.21. The predicted octanol–water partition coefficient (Wildman–Crippen LogP) is 1.34. The third-order valence-corrected chi connectivity index (χ3v) is 3.05. The number of ether oxygens (including phenoxy) is 1. The lowest BCUT2D eigenvalue weighted by Crippen LogP contribution is -2.33. The molecular weight excluding hydrogens is 234 g/mol. The Morgan fingerprint density at radius 3 is 3.11 bits per heavy atom. The summed E-state index contributed by atoms with van der Waals surface area (Å²) in [7, 11) is 0. The van der Waals surface area contributed by atoms with E-state index < -0.39 is 5.97 Å². The summed E-state index contributed by atoms with van der Waals surface area (Å²) in [5.41, 5.74) is 6.06. The number of nitrogens with two attached hydrogens (primary N) is 1. The Balaban J connectivity index is 2.14. The lowest BCUT2D eigenvalue weighted by molar-refractivity contribution is 0.0232. The van der Waals surface area contributed by atoms with E-state index in [1.54, 1.807) is 0 Å². The number of rotatable bonds is 3. The van der Waals surface area contributed by atoms with E-state index in [-0.39, 0.29) is 23.4 Å². The van der Waals surface area contributed by atoms with Gasteiger partial charge in [0.1, 0.15) is 5.82 Å². The summed E-state index contributed by atoms with van der Waals surface area (Å²) in [6.07, 6.45) is 3.37. The Bertz CT molecular complexity index is 450. The molecule has 2 rings (SSSR count). The van der Waals surface area contributed by atoms with Gasteiger partial charge in [0.25, 0.3) is 0 Å². The molecule has 1 saturated heterocycles. The minimum absolute atomic E-state index is 0.0765. The number of nitrogen functional groups attached to an aromatic ring is 1. The number of anilines is 2. The highest BCUT2D eigenvalue weighted by Crippen LogP contribution is 2.24. The van der Waals surface area contributed by atoms with Gasteiger partial charge in [-0.15, -0.1) is 0 Å². The van der Waals surface area contributed by atoms with E-state index in [2.05, 4.69) is 10.3 Å². The Kier molecular flexibility index (Phi) is 3.66. The second kappa shape index (κ2) is 5.22. The van der Waals surface area contributed by atoms with Crippen LogP contribution in [0.5, 0.6) is 0 Å². The SMILES string of the molecule is CC1CC(Nc2nccc(C(=O)O)c2N)CCO1. The quantitative estimate of drug-likeness (QED) is 0.750. The maximum Gasteiger partial charge on any atom is 0.337 e. The van der Waals surface area contributed by atoms with Gasteiger partial charge in [0.2, 0.25) is 0 Å². The van der Waals surface area contributed by atoms with Crippen LogP contribution < -0.4 is 11.1 Å². The standard InChI is InChI=1S/C12H17N3O3/c1-7-6-8(3-5-18-7)15-11-10(13)9(12(16)17)2-4-14-11/h2,4,7-8H,3,5-6,13H2,1H3,(H,14,15)(H,16,17). The van der Waals surface area contributed by atoms with E-state index in [9.17, 15) is 4.79 Å². The first kappa shape index (κ1) is 12.6. The molecular formula is C12H17N3O3. The average molecular weight is 251 g/mol. The lowest BCUT2D eigenvalue weighted by Gasteiger charge is -2.28. The van der Waals surface area contributed by atoms with Crippen LogP contribution in [0, 0.1) is 0 Å². The molecule has 1 aromatic rings. The summed E-state index contributed by atoms with van der Waals surface area (Å²) in [5, 5.41) is 12.2. The number of carboxylic acid groups (broad SMARTS) is 1. The summed E-state index contributed by atoms with van der Waals surface area (Å²) in [4.78, 5) is 15.1. The number of hydrogen-bond acceptors (Lipinski definition) is 5. The Morgan fingerprint density at radius 1 is 1.67 bits per heavy atom. The number of nitrogens with one attached hydrogen (secondary N) is 1. The number of nitrogens with zero attached hydrogens (tertiary/aromatic N) is 1. The van der Waals surface area contributed by atoms with Gasteiger partial charge >= 0.3 is 5.97 Å². The fourth-order valence-electron chi connectivity index (χ4n) is 2.10. The molecule has 4 N–H and O–H groups in total. The van der Waals surface area contributed by atoms with E-state index in [1.807, 2.05) is 6.92 Å². The molecule has 0 aromatic carbocycles. The molecule has 1 fully saturated rings. The van der Waals surface area contributed by atoms with Crippen molar-refractivity contribution in [3.63, 3.8) is 0 Å². The average Bonchev–Trinajstić information content (AvgIpc) is 2.31. The third-order valence-electron chi connectivity index (χ3n) is 3.05. The highest BCUT2D eigenvalue weighted by molar-refractivity contribution is 5.96. The molecule has 6 nitrogen and oxygen atoms in total. The largest absolute Gasteiger partial charge is 0.478 e. The van der Waals surface area contributed by atoms with Crippen molar-refractivity contribution in [2.45, 2.75) is 31.9 Å². The van der Waals surface area contributed by atoms with Crippen molar-refractivity contribution < 1.29 is 14.6 Å². The van der Waals surface area contributed by atoms with Gasteiger partial charge in [0, 0.05) is 18.8 Å². The topological polar surface area (TPSA) is 97.5 Å². The van der Waals surface area contributed by atoms with E-state index in [0.717, 1.165) is 12.8 Å². The van der Waals surface area contributed by atoms with Gasteiger partial charge in [-0.1, -0.05) is 0 Å². The summed E-state index contributed by atoms with van der Waals surface area (Å²) in [5.74, 6) is -0.604. The minimum atomic E-state index is -1.04. The van der Waals surface area contributed by atoms with Crippen LogP contribution in [0.3, 0.4) is 0 Å². The number of carboxylic acids is 1. The summed E-state index contributed by atoms with van der Waals surface area (Å²) in [6, 6.07) is 1.61. The van der Waals surface area contributed by atoms with Gasteiger partial charge in [0.05, 0.1) is 17.4 Å². The molecule has 98 valence electrons. The zero-order valence-electron chi connectivity index (χ0n) is 10.2. The first-order chi connectivity index (χ1) is 8.58. The van der Waals surface area contributed by atoms with Gasteiger partial charge in [0.15, 0.2) is 0 Å². The van der Waals surface area contributed by atoms with Crippen molar-refractivity contribution >= 4 is 17.5 Å². The van der Waals surface area contributed by atoms with Crippen LogP contribution in [-0.4, -0.2) is 34.8 Å². The fraction of sp³-hybridized carbons (Fsp3) is 0.500. The second-order valence-electron chi connectivity index (χ2n) is 4.47. The molecule has 0 amide bonds. The molecule has 0 bridgehead atoms. The van der Waals surface area contributed by atoms with Crippen LogP contribution >= 0.6 is 0 Å². The first-order valence-electron chi connectivity index (χ1n) is 5.94. The smallest absolute Gasteiger partial charge is 0.337 e. The minimum Gasteiger partial charge on any atom is -0.478 e. The summed E-state index contributed by atoms with van der Waals surface area (Å²) >= 11 is 0. The molecule has 18 heavy (non-hydrogen) atoms. The van der Waals surface area contributed by atoms with Gasteiger partial charge in [-0.2, -0.15) is 0 Å². The number of aromatic nitrogens is 1. The van der Waals surface area contributed by atoms with Crippen LogP contribution in [0.15, 0.2) is 12.3 Å². The van der Waals surface area contributed by atoms with Crippen molar-refractivity contribution in [1.82, 2.24) is 4.98 Å². The molecule has 1 aliphatic heterocycles. The highest BCUT2D eigenvalue weighted by atomic mass is 16.5. The van der Waals surface area contributed by atoms with Crippen LogP contribution in [0.25, 0.3) is 0 Å². The van der Waals surface area contributed by atoms with Crippen molar-refractivity contribution in [3.8, 4) is 0 Å². The molecule has 2 unspecified atom stereocenters. The van der Waals surface area contributed by atoms with Crippen molar-refractivity contribution in [1.29, 1.82) is 0 Å². The van der Waals surface area contributed by atoms with Crippen LogP contribution in [0.2, 0.25) is 0 Å². The normalized spacial score (nSPS) is 23.6. The van der Waals surface area contributed by atoms with E-state index >= 15 is 0 Å². The second-order valence-corrected chi connectivity index (χ2v) is 4.47. The molecule has 1 aliphatic rings. The molecule has 6 heteroatoms. The van der Waals surface area contributed by atoms with E-state index in [4.69, 9.17) is 15.6 Å². The van der Waals surface area contributed by atoms with Crippen LogP contribution in [0.1, 0.15) is 30.1 Å². The maximum absolute atomic E-state index is 11.0. The first-order valence-corrected chi connectivity index (χ1v) is 5.94. The third kappa shape index (κ3) is 2.70. The monoisotopic (exact) mass is 251 g/mol. The van der Waals surface area contributed by atoms with Crippen molar-refractivity contribution in [2.75, 3.05) is 17.7 Å². The maximum atomic E-state index is 11.0. The molecule has 2 atom stereocenters. The summed E-state index contributed by atoms with van der Waals surface area (Å²) in [6.45, 7) is 2.70. The van der Waals surface area contributed by atoms with Crippen LogP contribution in [-0.2, 0) is 4.74 Å². The zero-order valence-corrected chi connectivity index (χ0v) is 10.2. The van der Waals surface area contributed by atoms with Gasteiger partial charge in [-0.3, -0.25) is 0 Å². The Labute approximate surface area is 105 Å². The zero-order chi connectivity index (χ0) is 13.1. The van der Waals surface area contributed by atoms with Gasteiger partial charge in [-0.25, -0.2) is 9.78 Å². The summed E-state index contributed by atoms with van der Waals surface area (Å²) < 4.78 is 5.45. The lowest BCUT2D eigenvalue weighted by atomic mass is 10.0. The Morgan fingerprint density at radius 2 is 2.44 bits per heavy atom. The number of hydrogen-bond donors (Lipinski definition) is 3. The van der Waals surface area contributed by atoms with Crippen molar-refractivity contribution in [2.24, 2.45) is 0 Å². The molecule has 2 heterocycles. The fourth-order valence-corrected chi connectivity index (χ4v) is 2.10. The van der Waals surface area contributed by atoms with Crippen LogP contribution in [0.4, 0.5) is 11.5 Å². The number of aromatic carboxylic acids is 1. The number of pyridine rings is 1. The molecule has 0 radical (unpaired) electrons. The van der Waals surface area contributed by atoms with E-state index in [1.165, 1.54) is 12.3 Å². The predicted molar refractivity (Wildman–Crippen MR) is 67.7 cm³/mol. The number of carbonyl (C=O) groups is 1. The Hall–Kier alpha value is -1.82. The van der Waals surface area contributed by atoms with E-state index in [0.29, 0.717) is 12.4 Å².